The second kappa shape index (κ2) is 7.73. The van der Waals surface area contributed by atoms with Gasteiger partial charge >= 0.3 is 0 Å². The number of pyridine rings is 1. The summed E-state index contributed by atoms with van der Waals surface area (Å²) in [6, 6.07) is 10.3. The Balaban J connectivity index is 1.43. The van der Waals surface area contributed by atoms with Gasteiger partial charge in [0.25, 0.3) is 0 Å². The monoisotopic (exact) mass is 434 g/mol. The summed E-state index contributed by atoms with van der Waals surface area (Å²) in [4.78, 5) is 15.0. The molecule has 7 heteroatoms. The van der Waals surface area contributed by atoms with E-state index >= 15 is 0 Å². The Morgan fingerprint density at radius 3 is 2.77 bits per heavy atom. The molecule has 0 aliphatic carbocycles. The molecule has 3 aromatic heterocycles. The molecular weight excluding hydrogens is 408 g/mol. The number of thiophene rings is 1. The van der Waals surface area contributed by atoms with Crippen LogP contribution in [0.15, 0.2) is 36.7 Å². The number of rotatable bonds is 5. The van der Waals surface area contributed by atoms with Crippen LogP contribution in [0.3, 0.4) is 0 Å². The van der Waals surface area contributed by atoms with E-state index in [4.69, 9.17) is 14.5 Å². The first kappa shape index (κ1) is 20.2. The van der Waals surface area contributed by atoms with E-state index < -0.39 is 0 Å². The second-order valence-electron chi connectivity index (χ2n) is 8.84. The number of hydrogen-bond donors (Lipinski definition) is 1. The largest absolute Gasteiger partial charge is 0.491 e. The predicted molar refractivity (Wildman–Crippen MR) is 125 cm³/mol. The maximum atomic E-state index is 5.98. The van der Waals surface area contributed by atoms with Gasteiger partial charge in [0, 0.05) is 23.9 Å². The van der Waals surface area contributed by atoms with E-state index in [1.165, 1.54) is 0 Å². The Labute approximate surface area is 185 Å². The summed E-state index contributed by atoms with van der Waals surface area (Å²) in [5, 5.41) is 4.55. The fourth-order valence-electron chi connectivity index (χ4n) is 3.86. The number of fused-ring (bicyclic) bond motifs is 4. The summed E-state index contributed by atoms with van der Waals surface area (Å²) in [7, 11) is 0. The maximum Gasteiger partial charge on any atom is 0.147 e. The lowest BCUT2D eigenvalue weighted by Crippen LogP contribution is -2.32. The van der Waals surface area contributed by atoms with E-state index in [1.54, 1.807) is 17.7 Å². The van der Waals surface area contributed by atoms with Gasteiger partial charge in [0.1, 0.15) is 22.7 Å². The normalized spacial score (nSPS) is 15.4. The summed E-state index contributed by atoms with van der Waals surface area (Å²) < 4.78 is 12.7. The molecule has 160 valence electrons. The zero-order valence-electron chi connectivity index (χ0n) is 18.2. The fourth-order valence-corrected chi connectivity index (χ4v) is 4.95. The lowest BCUT2D eigenvalue weighted by molar-refractivity contribution is -0.0411. The molecule has 1 aliphatic heterocycles. The zero-order chi connectivity index (χ0) is 21.6. The van der Waals surface area contributed by atoms with E-state index in [1.807, 2.05) is 26.0 Å². The van der Waals surface area contributed by atoms with Crippen LogP contribution in [0.25, 0.3) is 20.4 Å². The van der Waals surface area contributed by atoms with Crippen molar-refractivity contribution in [2.75, 3.05) is 5.32 Å². The smallest absolute Gasteiger partial charge is 0.147 e. The van der Waals surface area contributed by atoms with Crippen molar-refractivity contribution in [1.82, 2.24) is 15.0 Å². The number of hydrogen-bond acceptors (Lipinski definition) is 7. The van der Waals surface area contributed by atoms with Crippen LogP contribution in [-0.4, -0.2) is 26.7 Å². The number of benzene rings is 1. The number of nitrogens with zero attached hydrogens (tertiary/aromatic N) is 3. The molecule has 0 fully saturated rings. The van der Waals surface area contributed by atoms with E-state index in [2.05, 4.69) is 47.3 Å². The molecular formula is C24H26N4O2S. The molecule has 0 saturated heterocycles. The summed E-state index contributed by atoms with van der Waals surface area (Å²) in [6.07, 6.45) is 2.61. The predicted octanol–water partition coefficient (Wildman–Crippen LogP) is 5.49. The number of anilines is 1. The van der Waals surface area contributed by atoms with Gasteiger partial charge in [-0.1, -0.05) is 12.1 Å². The van der Waals surface area contributed by atoms with Crippen molar-refractivity contribution in [3.8, 4) is 5.75 Å². The lowest BCUT2D eigenvalue weighted by Gasteiger charge is -2.30. The van der Waals surface area contributed by atoms with Crippen LogP contribution < -0.4 is 10.1 Å². The first-order valence-corrected chi connectivity index (χ1v) is 11.4. The number of nitrogens with one attached hydrogen (secondary N) is 1. The first-order chi connectivity index (χ1) is 14.9. The third-order valence-corrected chi connectivity index (χ3v) is 6.48. The maximum absolute atomic E-state index is 5.98. The molecule has 0 saturated carbocycles. The van der Waals surface area contributed by atoms with Gasteiger partial charge < -0.3 is 14.8 Å². The van der Waals surface area contributed by atoms with E-state index in [9.17, 15) is 0 Å². The molecule has 4 aromatic rings. The van der Waals surface area contributed by atoms with Gasteiger partial charge in [-0.15, -0.1) is 11.3 Å². The number of aromatic nitrogens is 3. The van der Waals surface area contributed by atoms with Gasteiger partial charge in [-0.25, -0.2) is 15.0 Å². The van der Waals surface area contributed by atoms with Crippen LogP contribution >= 0.6 is 11.3 Å². The van der Waals surface area contributed by atoms with Crippen molar-refractivity contribution in [3.63, 3.8) is 0 Å². The summed E-state index contributed by atoms with van der Waals surface area (Å²) in [6.45, 7) is 9.55. The lowest BCUT2D eigenvalue weighted by atomic mass is 9.95. The Bertz CT molecular complexity index is 1250. The van der Waals surface area contributed by atoms with Gasteiger partial charge in [0.2, 0.25) is 0 Å². The summed E-state index contributed by atoms with van der Waals surface area (Å²) >= 11 is 1.65. The Kier molecular flexibility index (Phi) is 5.02. The molecule has 6 nitrogen and oxygen atoms in total. The molecule has 5 rings (SSSR count). The fraction of sp³-hybridized carbons (Fsp3) is 0.375. The average molecular weight is 435 g/mol. The quantitative estimate of drug-likeness (QED) is 0.448. The highest BCUT2D eigenvalue weighted by Crippen LogP contribution is 2.38. The van der Waals surface area contributed by atoms with Gasteiger partial charge in [-0.3, -0.25) is 0 Å². The van der Waals surface area contributed by atoms with Crippen LogP contribution in [-0.2, 0) is 24.3 Å². The van der Waals surface area contributed by atoms with Crippen molar-refractivity contribution in [1.29, 1.82) is 0 Å². The highest BCUT2D eigenvalue weighted by atomic mass is 32.1. The van der Waals surface area contributed by atoms with Crippen LogP contribution in [0, 0.1) is 0 Å². The molecule has 1 N–H and O–H groups in total. The van der Waals surface area contributed by atoms with E-state index in [-0.39, 0.29) is 11.7 Å². The van der Waals surface area contributed by atoms with E-state index in [0.29, 0.717) is 13.2 Å². The standard InChI is InChI=1S/C24H26N4O2S/c1-14(2)30-17-7-5-15(6-8-17)11-25-22-21-20(26-13-27-22)18-9-16-12-29-24(3,4)10-19(16)28-23(18)31-21/h5-9,13-14H,10-12H2,1-4H3,(H,25,26,27). The molecule has 0 radical (unpaired) electrons. The molecule has 0 amide bonds. The summed E-state index contributed by atoms with van der Waals surface area (Å²) in [5.41, 5.74) is 4.22. The van der Waals surface area contributed by atoms with Crippen molar-refractivity contribution >= 4 is 37.6 Å². The molecule has 0 atom stereocenters. The van der Waals surface area contributed by atoms with Crippen LogP contribution in [0.1, 0.15) is 44.5 Å². The van der Waals surface area contributed by atoms with Gasteiger partial charge in [-0.2, -0.15) is 0 Å². The first-order valence-electron chi connectivity index (χ1n) is 10.6. The molecule has 1 aliphatic rings. The third-order valence-electron chi connectivity index (χ3n) is 5.38. The van der Waals surface area contributed by atoms with Crippen molar-refractivity contribution in [2.24, 2.45) is 0 Å². The van der Waals surface area contributed by atoms with Gasteiger partial charge in [0.15, 0.2) is 0 Å². The molecule has 4 heterocycles. The van der Waals surface area contributed by atoms with Gasteiger partial charge in [0.05, 0.1) is 34.2 Å². The van der Waals surface area contributed by atoms with Crippen LogP contribution in [0.2, 0.25) is 0 Å². The Morgan fingerprint density at radius 2 is 2.00 bits per heavy atom. The van der Waals surface area contributed by atoms with E-state index in [0.717, 1.165) is 55.2 Å². The third kappa shape index (κ3) is 4.07. The van der Waals surface area contributed by atoms with Crippen molar-refractivity contribution in [3.05, 3.63) is 53.5 Å². The Hall–Kier alpha value is -2.77. The van der Waals surface area contributed by atoms with Gasteiger partial charge in [-0.05, 0) is 51.5 Å². The van der Waals surface area contributed by atoms with Crippen LogP contribution in [0.4, 0.5) is 5.82 Å². The highest BCUT2D eigenvalue weighted by Gasteiger charge is 2.28. The van der Waals surface area contributed by atoms with Crippen molar-refractivity contribution < 1.29 is 9.47 Å². The zero-order valence-corrected chi connectivity index (χ0v) is 19.0. The molecule has 31 heavy (non-hydrogen) atoms. The minimum absolute atomic E-state index is 0.170. The SMILES string of the molecule is CC(C)Oc1ccc(CNc2ncnc3c2sc2nc4c(cc23)COC(C)(C)C4)cc1. The topological polar surface area (TPSA) is 69.2 Å². The van der Waals surface area contributed by atoms with Crippen molar-refractivity contribution in [2.45, 2.75) is 59.0 Å². The molecule has 0 bridgehead atoms. The highest BCUT2D eigenvalue weighted by molar-refractivity contribution is 7.25. The second-order valence-corrected chi connectivity index (χ2v) is 9.84. The molecule has 1 aromatic carbocycles. The molecule has 0 spiro atoms. The molecule has 0 unspecified atom stereocenters. The minimum atomic E-state index is -0.174. The number of ether oxygens (including phenoxy) is 2. The summed E-state index contributed by atoms with van der Waals surface area (Å²) in [5.74, 6) is 1.72. The minimum Gasteiger partial charge on any atom is -0.491 e. The average Bonchev–Trinajstić information content (AvgIpc) is 3.08. The van der Waals surface area contributed by atoms with Crippen LogP contribution in [0.5, 0.6) is 5.75 Å². The Morgan fingerprint density at radius 1 is 1.19 bits per heavy atom.